The molecule has 2 aliphatic rings. The minimum absolute atomic E-state index is 0.316. The van der Waals surface area contributed by atoms with E-state index in [0.29, 0.717) is 19.1 Å². The summed E-state index contributed by atoms with van der Waals surface area (Å²) < 4.78 is 65.6. The molecule has 2 bridgehead atoms. The van der Waals surface area contributed by atoms with Crippen LogP contribution >= 0.6 is 0 Å². The van der Waals surface area contributed by atoms with Crippen molar-refractivity contribution in [2.75, 3.05) is 6.26 Å². The Hall–Kier alpha value is -0.560. The van der Waals surface area contributed by atoms with E-state index < -0.39 is 33.7 Å². The Labute approximate surface area is 91.4 Å². The highest BCUT2D eigenvalue weighted by Crippen LogP contribution is 2.57. The highest BCUT2D eigenvalue weighted by molar-refractivity contribution is 7.86. The average molecular weight is 256 g/mol. The van der Waals surface area contributed by atoms with Crippen LogP contribution in [0.15, 0.2) is 12.2 Å². The second-order valence-electron chi connectivity index (χ2n) is 4.25. The normalized spacial score (nSPS) is 38.2. The van der Waals surface area contributed by atoms with Crippen LogP contribution in [-0.4, -0.2) is 26.5 Å². The standard InChI is InChI=1S/C9H11F3O3S/c1-16(13,14)15-8(9(10,11)12)6-2-3-7(8)5-4-6/h2-3,6-7H,4-5H2,1H3/t6-,7+,8?. The fraction of sp³-hybridized carbons (Fsp3) is 0.778. The van der Waals surface area contributed by atoms with Gasteiger partial charge in [-0.1, -0.05) is 12.2 Å². The molecule has 1 saturated carbocycles. The minimum atomic E-state index is -4.68. The van der Waals surface area contributed by atoms with Gasteiger partial charge in [0.05, 0.1) is 6.26 Å². The zero-order valence-corrected chi connectivity index (χ0v) is 9.31. The van der Waals surface area contributed by atoms with Gasteiger partial charge in [0.15, 0.2) is 5.60 Å². The quantitative estimate of drug-likeness (QED) is 0.559. The summed E-state index contributed by atoms with van der Waals surface area (Å²) in [6.45, 7) is 0. The lowest BCUT2D eigenvalue weighted by molar-refractivity contribution is -0.261. The largest absolute Gasteiger partial charge is 0.420 e. The molecule has 0 amide bonds. The highest BCUT2D eigenvalue weighted by Gasteiger charge is 2.69. The highest BCUT2D eigenvalue weighted by atomic mass is 32.2. The summed E-state index contributed by atoms with van der Waals surface area (Å²) in [4.78, 5) is 0. The molecule has 3 atom stereocenters. The molecule has 0 N–H and O–H groups in total. The van der Waals surface area contributed by atoms with Crippen LogP contribution in [0.4, 0.5) is 13.2 Å². The van der Waals surface area contributed by atoms with E-state index in [0.717, 1.165) is 0 Å². The lowest BCUT2D eigenvalue weighted by Crippen LogP contribution is -2.53. The molecule has 0 saturated heterocycles. The van der Waals surface area contributed by atoms with Crippen molar-refractivity contribution < 1.29 is 25.8 Å². The first-order valence-corrected chi connectivity index (χ1v) is 6.64. The SMILES string of the molecule is CS(=O)(=O)OC1(C(F)(F)F)[C@@H]2C=C[C@H]1CC2. The number of halogens is 3. The van der Waals surface area contributed by atoms with Crippen LogP contribution in [-0.2, 0) is 14.3 Å². The zero-order valence-electron chi connectivity index (χ0n) is 8.49. The topological polar surface area (TPSA) is 43.4 Å². The third-order valence-electron chi connectivity index (χ3n) is 3.20. The van der Waals surface area contributed by atoms with Gasteiger partial charge in [0, 0.05) is 11.8 Å². The van der Waals surface area contributed by atoms with Gasteiger partial charge >= 0.3 is 6.18 Å². The number of fused-ring (bicyclic) bond motifs is 2. The van der Waals surface area contributed by atoms with Crippen molar-refractivity contribution in [3.63, 3.8) is 0 Å². The van der Waals surface area contributed by atoms with E-state index in [1.807, 2.05) is 0 Å². The van der Waals surface area contributed by atoms with E-state index in [4.69, 9.17) is 0 Å². The lowest BCUT2D eigenvalue weighted by atomic mass is 9.90. The molecule has 1 unspecified atom stereocenters. The molecule has 0 aromatic heterocycles. The van der Waals surface area contributed by atoms with Crippen LogP contribution in [0.5, 0.6) is 0 Å². The minimum Gasteiger partial charge on any atom is -0.253 e. The molecule has 2 aliphatic carbocycles. The van der Waals surface area contributed by atoms with Crippen molar-refractivity contribution >= 4 is 10.1 Å². The number of hydrogen-bond donors (Lipinski definition) is 0. The third-order valence-corrected chi connectivity index (χ3v) is 3.78. The Kier molecular flexibility index (Phi) is 2.40. The lowest BCUT2D eigenvalue weighted by Gasteiger charge is -2.34. The van der Waals surface area contributed by atoms with E-state index in [-0.39, 0.29) is 0 Å². The summed E-state index contributed by atoms with van der Waals surface area (Å²) in [6.07, 6.45) is -0.574. The van der Waals surface area contributed by atoms with Gasteiger partial charge in [-0.25, -0.2) is 0 Å². The van der Waals surface area contributed by atoms with Gasteiger partial charge in [0.2, 0.25) is 0 Å². The maximum atomic E-state index is 13.1. The molecule has 0 aliphatic heterocycles. The molecule has 0 spiro atoms. The van der Waals surface area contributed by atoms with E-state index in [9.17, 15) is 21.6 Å². The van der Waals surface area contributed by atoms with E-state index in [2.05, 4.69) is 4.18 Å². The van der Waals surface area contributed by atoms with Crippen molar-refractivity contribution in [3.05, 3.63) is 12.2 Å². The van der Waals surface area contributed by atoms with Gasteiger partial charge in [-0.3, -0.25) is 4.18 Å². The zero-order chi connectivity index (χ0) is 12.2. The summed E-state index contributed by atoms with van der Waals surface area (Å²) >= 11 is 0. The molecular weight excluding hydrogens is 245 g/mol. The molecule has 0 radical (unpaired) electrons. The average Bonchev–Trinajstić information content (AvgIpc) is 2.57. The maximum absolute atomic E-state index is 13.1. The van der Waals surface area contributed by atoms with Crippen LogP contribution in [0.1, 0.15) is 12.8 Å². The Balaban J connectivity index is 2.45. The molecule has 92 valence electrons. The first-order chi connectivity index (χ1) is 7.17. The molecule has 0 heterocycles. The number of hydrogen-bond acceptors (Lipinski definition) is 3. The van der Waals surface area contributed by atoms with Crippen LogP contribution < -0.4 is 0 Å². The molecule has 7 heteroatoms. The van der Waals surface area contributed by atoms with Crippen LogP contribution in [0.2, 0.25) is 0 Å². The second-order valence-corrected chi connectivity index (χ2v) is 5.83. The Morgan fingerprint density at radius 2 is 1.69 bits per heavy atom. The van der Waals surface area contributed by atoms with E-state index in [1.54, 1.807) is 0 Å². The predicted octanol–water partition coefficient (Wildman–Crippen LogP) is 1.86. The molecule has 3 nitrogen and oxygen atoms in total. The van der Waals surface area contributed by atoms with Crippen molar-refractivity contribution in [3.8, 4) is 0 Å². The van der Waals surface area contributed by atoms with Crippen molar-refractivity contribution in [2.45, 2.75) is 24.6 Å². The summed E-state index contributed by atoms with van der Waals surface area (Å²) in [5.74, 6) is -1.76. The van der Waals surface area contributed by atoms with Gasteiger partial charge in [0.25, 0.3) is 10.1 Å². The first kappa shape index (κ1) is 11.9. The fourth-order valence-electron chi connectivity index (χ4n) is 2.65. The number of alkyl halides is 3. The van der Waals surface area contributed by atoms with Crippen LogP contribution in [0, 0.1) is 11.8 Å². The molecule has 0 aromatic rings. The summed E-state index contributed by atoms with van der Waals surface area (Å²) in [5.41, 5.74) is -2.55. The monoisotopic (exact) mass is 256 g/mol. The molecule has 2 rings (SSSR count). The van der Waals surface area contributed by atoms with E-state index in [1.165, 1.54) is 12.2 Å². The van der Waals surface area contributed by atoms with Gasteiger partial charge in [-0.15, -0.1) is 0 Å². The molecule has 0 aromatic carbocycles. The Morgan fingerprint density at radius 1 is 1.25 bits per heavy atom. The van der Waals surface area contributed by atoms with Crippen molar-refractivity contribution in [2.24, 2.45) is 11.8 Å². The summed E-state index contributed by atoms with van der Waals surface area (Å²) in [6, 6.07) is 0. The van der Waals surface area contributed by atoms with Crippen molar-refractivity contribution in [1.82, 2.24) is 0 Å². The fourth-order valence-corrected chi connectivity index (χ4v) is 3.49. The van der Waals surface area contributed by atoms with Gasteiger partial charge in [-0.2, -0.15) is 21.6 Å². The van der Waals surface area contributed by atoms with Crippen molar-refractivity contribution in [1.29, 1.82) is 0 Å². The second kappa shape index (κ2) is 3.22. The summed E-state index contributed by atoms with van der Waals surface area (Å²) in [5, 5.41) is 0. The van der Waals surface area contributed by atoms with Gasteiger partial charge in [0.1, 0.15) is 0 Å². The van der Waals surface area contributed by atoms with E-state index >= 15 is 0 Å². The van der Waals surface area contributed by atoms with Gasteiger partial charge in [-0.05, 0) is 12.8 Å². The molecular formula is C9H11F3O3S. The Bertz CT molecular complexity index is 410. The summed E-state index contributed by atoms with van der Waals surface area (Å²) in [7, 11) is -4.13. The maximum Gasteiger partial charge on any atom is 0.420 e. The van der Waals surface area contributed by atoms with Crippen LogP contribution in [0.3, 0.4) is 0 Å². The predicted molar refractivity (Wildman–Crippen MR) is 50.1 cm³/mol. The molecule has 16 heavy (non-hydrogen) atoms. The first-order valence-electron chi connectivity index (χ1n) is 4.82. The number of rotatable bonds is 2. The third kappa shape index (κ3) is 1.57. The Morgan fingerprint density at radius 3 is 1.94 bits per heavy atom. The van der Waals surface area contributed by atoms with Crippen LogP contribution in [0.25, 0.3) is 0 Å². The molecule has 1 fully saturated rings. The van der Waals surface area contributed by atoms with Gasteiger partial charge < -0.3 is 0 Å². The smallest absolute Gasteiger partial charge is 0.253 e.